The van der Waals surface area contributed by atoms with Gasteiger partial charge in [0.15, 0.2) is 5.79 Å². The van der Waals surface area contributed by atoms with E-state index in [1.54, 1.807) is 6.07 Å². The molecular formula is C14H19FO4. The van der Waals surface area contributed by atoms with Crippen molar-refractivity contribution in [3.05, 3.63) is 35.1 Å². The van der Waals surface area contributed by atoms with Gasteiger partial charge in [-0.1, -0.05) is 6.07 Å². The topological polar surface area (TPSA) is 44.8 Å². The van der Waals surface area contributed by atoms with E-state index in [0.29, 0.717) is 5.56 Å². The molecule has 0 atom stereocenters. The van der Waals surface area contributed by atoms with Crippen molar-refractivity contribution < 1.29 is 23.4 Å². The first-order valence-electron chi connectivity index (χ1n) is 5.93. The summed E-state index contributed by atoms with van der Waals surface area (Å²) in [5.74, 6) is -1.90. The number of rotatable bonds is 6. The molecule has 0 saturated carbocycles. The van der Waals surface area contributed by atoms with Gasteiger partial charge in [0.05, 0.1) is 13.5 Å². The van der Waals surface area contributed by atoms with Crippen molar-refractivity contribution in [2.24, 2.45) is 0 Å². The van der Waals surface area contributed by atoms with E-state index in [1.165, 1.54) is 33.5 Å². The fourth-order valence-electron chi connectivity index (χ4n) is 2.02. The monoisotopic (exact) mass is 270 g/mol. The Kier molecular flexibility index (Phi) is 5.44. The Bertz CT molecular complexity index is 441. The Balaban J connectivity index is 3.10. The molecule has 0 heterocycles. The summed E-state index contributed by atoms with van der Waals surface area (Å²) in [5.41, 5.74) is 1.40. The predicted molar refractivity (Wildman–Crippen MR) is 68.1 cm³/mol. The number of aryl methyl sites for hydroxylation is 1. The minimum atomic E-state index is -1.15. The van der Waals surface area contributed by atoms with E-state index in [9.17, 15) is 9.18 Å². The summed E-state index contributed by atoms with van der Waals surface area (Å²) in [6.07, 6.45) is 0.366. The van der Waals surface area contributed by atoms with Crippen molar-refractivity contribution >= 4 is 5.97 Å². The molecule has 0 aliphatic heterocycles. The van der Waals surface area contributed by atoms with Crippen LogP contribution in [-0.4, -0.2) is 27.3 Å². The standard InChI is InChI=1S/C14H19FO4/c1-10-5-6-11(15)9-12(10)14(18-3,19-4)8-7-13(16)17-2/h5-6,9H,7-8H2,1-4H3. The third-order valence-corrected chi connectivity index (χ3v) is 3.16. The number of carbonyl (C=O) groups excluding carboxylic acids is 1. The van der Waals surface area contributed by atoms with Gasteiger partial charge in [0, 0.05) is 26.2 Å². The highest BCUT2D eigenvalue weighted by Gasteiger charge is 2.34. The van der Waals surface area contributed by atoms with Gasteiger partial charge >= 0.3 is 5.97 Å². The molecule has 19 heavy (non-hydrogen) atoms. The number of hydrogen-bond acceptors (Lipinski definition) is 4. The fraction of sp³-hybridized carbons (Fsp3) is 0.500. The van der Waals surface area contributed by atoms with E-state index in [-0.39, 0.29) is 24.6 Å². The minimum absolute atomic E-state index is 0.119. The molecule has 0 spiro atoms. The van der Waals surface area contributed by atoms with E-state index in [2.05, 4.69) is 4.74 Å². The van der Waals surface area contributed by atoms with Gasteiger partial charge < -0.3 is 14.2 Å². The van der Waals surface area contributed by atoms with E-state index < -0.39 is 5.79 Å². The van der Waals surface area contributed by atoms with Crippen LogP contribution in [0.25, 0.3) is 0 Å². The summed E-state index contributed by atoms with van der Waals surface area (Å²) < 4.78 is 28.8. The van der Waals surface area contributed by atoms with Crippen molar-refractivity contribution in [2.45, 2.75) is 25.6 Å². The predicted octanol–water partition coefficient (Wildman–Crippen LogP) is 2.53. The first-order valence-corrected chi connectivity index (χ1v) is 5.93. The number of hydrogen-bond donors (Lipinski definition) is 0. The van der Waals surface area contributed by atoms with E-state index in [4.69, 9.17) is 9.47 Å². The van der Waals surface area contributed by atoms with Crippen LogP contribution in [0.15, 0.2) is 18.2 Å². The zero-order chi connectivity index (χ0) is 14.5. The van der Waals surface area contributed by atoms with Crippen LogP contribution in [0.2, 0.25) is 0 Å². The third-order valence-electron chi connectivity index (χ3n) is 3.16. The summed E-state index contributed by atoms with van der Waals surface area (Å²) in [7, 11) is 4.24. The highest BCUT2D eigenvalue weighted by Crippen LogP contribution is 2.34. The Morgan fingerprint density at radius 3 is 2.42 bits per heavy atom. The normalized spacial score (nSPS) is 11.4. The molecule has 0 bridgehead atoms. The molecular weight excluding hydrogens is 251 g/mol. The zero-order valence-corrected chi connectivity index (χ0v) is 11.7. The lowest BCUT2D eigenvalue weighted by molar-refractivity contribution is -0.222. The number of ether oxygens (including phenoxy) is 3. The summed E-state index contributed by atoms with van der Waals surface area (Å²) in [6, 6.07) is 4.38. The van der Waals surface area contributed by atoms with Crippen molar-refractivity contribution in [3.8, 4) is 0 Å². The van der Waals surface area contributed by atoms with E-state index in [0.717, 1.165) is 5.56 Å². The van der Waals surface area contributed by atoms with Gasteiger partial charge in [0.2, 0.25) is 0 Å². The second-order valence-corrected chi connectivity index (χ2v) is 4.20. The average Bonchev–Trinajstić information content (AvgIpc) is 2.43. The second kappa shape index (κ2) is 6.63. The third kappa shape index (κ3) is 3.52. The smallest absolute Gasteiger partial charge is 0.305 e. The molecule has 0 aliphatic rings. The lowest BCUT2D eigenvalue weighted by Crippen LogP contribution is -2.32. The number of esters is 1. The van der Waals surface area contributed by atoms with Gasteiger partial charge in [-0.25, -0.2) is 4.39 Å². The lowest BCUT2D eigenvalue weighted by atomic mass is 9.95. The van der Waals surface area contributed by atoms with Gasteiger partial charge in [-0.3, -0.25) is 4.79 Å². The van der Waals surface area contributed by atoms with Gasteiger partial charge in [-0.05, 0) is 24.6 Å². The Labute approximate surface area is 112 Å². The maximum Gasteiger partial charge on any atom is 0.305 e. The molecule has 0 amide bonds. The van der Waals surface area contributed by atoms with Crippen molar-refractivity contribution in [3.63, 3.8) is 0 Å². The molecule has 0 unspecified atom stereocenters. The lowest BCUT2D eigenvalue weighted by Gasteiger charge is -2.32. The first-order chi connectivity index (χ1) is 8.99. The van der Waals surface area contributed by atoms with Crippen LogP contribution >= 0.6 is 0 Å². The molecule has 106 valence electrons. The molecule has 1 rings (SSSR count). The molecule has 0 radical (unpaired) electrons. The molecule has 5 heteroatoms. The molecule has 0 fully saturated rings. The molecule has 0 N–H and O–H groups in total. The summed E-state index contributed by atoms with van der Waals surface area (Å²) in [5, 5.41) is 0. The summed E-state index contributed by atoms with van der Waals surface area (Å²) in [6.45, 7) is 1.83. The maximum absolute atomic E-state index is 13.4. The highest BCUT2D eigenvalue weighted by molar-refractivity contribution is 5.69. The molecule has 4 nitrogen and oxygen atoms in total. The second-order valence-electron chi connectivity index (χ2n) is 4.20. The molecule has 1 aromatic rings. The van der Waals surface area contributed by atoms with Gasteiger partial charge in [-0.15, -0.1) is 0 Å². The quantitative estimate of drug-likeness (QED) is 0.588. The minimum Gasteiger partial charge on any atom is -0.469 e. The van der Waals surface area contributed by atoms with Crippen LogP contribution in [-0.2, 0) is 24.8 Å². The van der Waals surface area contributed by atoms with Crippen LogP contribution in [0, 0.1) is 12.7 Å². The molecule has 0 aromatic heterocycles. The largest absolute Gasteiger partial charge is 0.469 e. The van der Waals surface area contributed by atoms with Gasteiger partial charge in [0.1, 0.15) is 5.82 Å². The van der Waals surface area contributed by atoms with Gasteiger partial charge in [-0.2, -0.15) is 0 Å². The Morgan fingerprint density at radius 2 is 1.89 bits per heavy atom. The average molecular weight is 270 g/mol. The van der Waals surface area contributed by atoms with E-state index >= 15 is 0 Å². The van der Waals surface area contributed by atoms with Crippen molar-refractivity contribution in [1.29, 1.82) is 0 Å². The number of methoxy groups -OCH3 is 3. The van der Waals surface area contributed by atoms with Crippen molar-refractivity contribution in [1.82, 2.24) is 0 Å². The molecule has 0 saturated heterocycles. The maximum atomic E-state index is 13.4. The Morgan fingerprint density at radius 1 is 1.26 bits per heavy atom. The van der Waals surface area contributed by atoms with Crippen molar-refractivity contribution in [2.75, 3.05) is 21.3 Å². The summed E-state index contributed by atoms with van der Waals surface area (Å²) in [4.78, 5) is 11.3. The number of halogens is 1. The zero-order valence-electron chi connectivity index (χ0n) is 11.7. The summed E-state index contributed by atoms with van der Waals surface area (Å²) >= 11 is 0. The van der Waals surface area contributed by atoms with Crippen LogP contribution in [0.5, 0.6) is 0 Å². The first kappa shape index (κ1) is 15.6. The Hall–Kier alpha value is -1.46. The SMILES string of the molecule is COC(=O)CCC(OC)(OC)c1cc(F)ccc1C. The number of benzene rings is 1. The van der Waals surface area contributed by atoms with E-state index in [1.807, 2.05) is 6.92 Å². The highest BCUT2D eigenvalue weighted by atomic mass is 19.1. The molecule has 1 aromatic carbocycles. The van der Waals surface area contributed by atoms with Crippen LogP contribution in [0.4, 0.5) is 4.39 Å². The van der Waals surface area contributed by atoms with Crippen LogP contribution < -0.4 is 0 Å². The van der Waals surface area contributed by atoms with Crippen LogP contribution in [0.1, 0.15) is 24.0 Å². The number of carbonyl (C=O) groups is 1. The van der Waals surface area contributed by atoms with Gasteiger partial charge in [0.25, 0.3) is 0 Å². The molecule has 0 aliphatic carbocycles. The van der Waals surface area contributed by atoms with Crippen LogP contribution in [0.3, 0.4) is 0 Å². The fourth-order valence-corrected chi connectivity index (χ4v) is 2.02.